The summed E-state index contributed by atoms with van der Waals surface area (Å²) in [6, 6.07) is 4.26. The molecular weight excluding hydrogens is 271 g/mol. The second kappa shape index (κ2) is 9.11. The molecule has 3 N–H and O–H groups in total. The summed E-state index contributed by atoms with van der Waals surface area (Å²) >= 11 is 0. The van der Waals surface area contributed by atoms with Gasteiger partial charge < -0.3 is 15.7 Å². The first-order valence-electron chi connectivity index (χ1n) is 6.95. The fourth-order valence-corrected chi connectivity index (χ4v) is 1.86. The summed E-state index contributed by atoms with van der Waals surface area (Å²) in [7, 11) is 1.68. The Labute approximate surface area is 124 Å². The highest BCUT2D eigenvalue weighted by atomic mass is 19.1. The number of nitrogens with two attached hydrogens (primary N) is 1. The molecule has 0 atom stereocenters. The second-order valence-electron chi connectivity index (χ2n) is 4.71. The molecule has 0 aliphatic carbocycles. The molecule has 5 heteroatoms. The molecule has 0 unspecified atom stereocenters. The van der Waals surface area contributed by atoms with Crippen molar-refractivity contribution >= 4 is 5.91 Å². The molecule has 0 aromatic heterocycles. The third-order valence-electron chi connectivity index (χ3n) is 3.04. The van der Waals surface area contributed by atoms with E-state index >= 15 is 0 Å². The van der Waals surface area contributed by atoms with Gasteiger partial charge in [0.1, 0.15) is 5.82 Å². The number of nitrogens with zero attached hydrogens (tertiary/aromatic N) is 1. The molecular formula is C16H21FN2O2. The van der Waals surface area contributed by atoms with E-state index in [2.05, 4.69) is 11.8 Å². The fourth-order valence-electron chi connectivity index (χ4n) is 1.86. The first-order valence-corrected chi connectivity index (χ1v) is 6.95. The van der Waals surface area contributed by atoms with Crippen molar-refractivity contribution in [3.63, 3.8) is 0 Å². The van der Waals surface area contributed by atoms with Crippen molar-refractivity contribution in [1.82, 2.24) is 4.90 Å². The zero-order valence-electron chi connectivity index (χ0n) is 12.2. The summed E-state index contributed by atoms with van der Waals surface area (Å²) in [5, 5.41) is 8.70. The van der Waals surface area contributed by atoms with E-state index in [1.54, 1.807) is 18.0 Å². The summed E-state index contributed by atoms with van der Waals surface area (Å²) in [4.78, 5) is 13.7. The maximum Gasteiger partial charge on any atom is 0.253 e. The quantitative estimate of drug-likeness (QED) is 0.615. The first kappa shape index (κ1) is 17.2. The van der Waals surface area contributed by atoms with Crippen molar-refractivity contribution in [2.45, 2.75) is 19.3 Å². The third-order valence-corrected chi connectivity index (χ3v) is 3.04. The Kier molecular flexibility index (Phi) is 7.44. The van der Waals surface area contributed by atoms with Gasteiger partial charge in [-0.15, -0.1) is 0 Å². The first-order chi connectivity index (χ1) is 10.1. The monoisotopic (exact) mass is 292 g/mol. The number of amides is 1. The van der Waals surface area contributed by atoms with Crippen LogP contribution in [0.15, 0.2) is 18.2 Å². The molecule has 114 valence electrons. The molecule has 1 aromatic rings. The lowest BCUT2D eigenvalue weighted by atomic mass is 10.1. The van der Waals surface area contributed by atoms with E-state index in [0.717, 1.165) is 19.3 Å². The number of carbonyl (C=O) groups is 1. The van der Waals surface area contributed by atoms with Crippen molar-refractivity contribution in [1.29, 1.82) is 0 Å². The van der Waals surface area contributed by atoms with Crippen LogP contribution in [0.3, 0.4) is 0 Å². The van der Waals surface area contributed by atoms with Crippen molar-refractivity contribution in [2.24, 2.45) is 5.73 Å². The van der Waals surface area contributed by atoms with Gasteiger partial charge in [-0.1, -0.05) is 11.8 Å². The van der Waals surface area contributed by atoms with Crippen molar-refractivity contribution < 1.29 is 14.3 Å². The van der Waals surface area contributed by atoms with E-state index < -0.39 is 5.82 Å². The lowest BCUT2D eigenvalue weighted by Gasteiger charge is -2.17. The molecule has 0 aliphatic heterocycles. The molecule has 4 nitrogen and oxygen atoms in total. The highest BCUT2D eigenvalue weighted by molar-refractivity contribution is 5.94. The minimum atomic E-state index is -0.518. The number of halogens is 1. The van der Waals surface area contributed by atoms with Gasteiger partial charge in [-0.05, 0) is 37.5 Å². The summed E-state index contributed by atoms with van der Waals surface area (Å²) in [5.41, 5.74) is 5.78. The number of unbranched alkanes of at least 4 members (excludes halogenated alkanes) is 2. The van der Waals surface area contributed by atoms with Crippen molar-refractivity contribution in [3.05, 3.63) is 35.1 Å². The Morgan fingerprint density at radius 1 is 1.38 bits per heavy atom. The van der Waals surface area contributed by atoms with Crippen LogP contribution in [0.25, 0.3) is 0 Å². The van der Waals surface area contributed by atoms with Gasteiger partial charge in [-0.25, -0.2) is 4.39 Å². The molecule has 0 radical (unpaired) electrons. The number of rotatable bonds is 6. The van der Waals surface area contributed by atoms with Crippen LogP contribution < -0.4 is 5.73 Å². The SMILES string of the molecule is CN(CCCCCO)C(=O)c1ccc(C#CCN)c(F)c1. The van der Waals surface area contributed by atoms with E-state index in [0.29, 0.717) is 12.1 Å². The molecule has 0 bridgehead atoms. The molecule has 0 spiro atoms. The summed E-state index contributed by atoms with van der Waals surface area (Å²) in [6.45, 7) is 0.903. The van der Waals surface area contributed by atoms with E-state index in [4.69, 9.17) is 10.8 Å². The highest BCUT2D eigenvalue weighted by Gasteiger charge is 2.13. The standard InChI is InChI=1S/C16H21FN2O2/c1-19(10-3-2-4-11-20)16(21)14-8-7-13(6-5-9-18)15(17)12-14/h7-8,12,20H,2-4,9-11,18H2,1H3. The minimum Gasteiger partial charge on any atom is -0.396 e. The van der Waals surface area contributed by atoms with Crippen molar-refractivity contribution in [3.8, 4) is 11.8 Å². The van der Waals surface area contributed by atoms with Gasteiger partial charge in [-0.2, -0.15) is 0 Å². The van der Waals surface area contributed by atoms with Gasteiger partial charge in [0, 0.05) is 25.8 Å². The van der Waals surface area contributed by atoms with Gasteiger partial charge in [0.15, 0.2) is 0 Å². The molecule has 1 rings (SSSR count). The lowest BCUT2D eigenvalue weighted by Crippen LogP contribution is -2.27. The van der Waals surface area contributed by atoms with Gasteiger partial charge in [-0.3, -0.25) is 4.79 Å². The molecule has 0 saturated carbocycles. The van der Waals surface area contributed by atoms with Crippen LogP contribution in [0.4, 0.5) is 4.39 Å². The summed E-state index contributed by atoms with van der Waals surface area (Å²) in [5.74, 6) is 4.45. The average Bonchev–Trinajstić information content (AvgIpc) is 2.49. The zero-order valence-corrected chi connectivity index (χ0v) is 12.2. The third kappa shape index (κ3) is 5.54. The molecule has 21 heavy (non-hydrogen) atoms. The van der Waals surface area contributed by atoms with Gasteiger partial charge >= 0.3 is 0 Å². The zero-order chi connectivity index (χ0) is 15.7. The number of aliphatic hydroxyl groups is 1. The number of aliphatic hydroxyl groups excluding tert-OH is 1. The topological polar surface area (TPSA) is 66.6 Å². The van der Waals surface area contributed by atoms with Crippen LogP contribution in [0.2, 0.25) is 0 Å². The van der Waals surface area contributed by atoms with Crippen LogP contribution in [0.1, 0.15) is 35.2 Å². The van der Waals surface area contributed by atoms with Crippen LogP contribution in [0, 0.1) is 17.7 Å². The lowest BCUT2D eigenvalue weighted by molar-refractivity contribution is 0.0791. The Morgan fingerprint density at radius 3 is 2.76 bits per heavy atom. The van der Waals surface area contributed by atoms with Crippen molar-refractivity contribution in [2.75, 3.05) is 26.7 Å². The average molecular weight is 292 g/mol. The van der Waals surface area contributed by atoms with Gasteiger partial charge in [0.2, 0.25) is 0 Å². The molecule has 0 saturated heterocycles. The van der Waals surface area contributed by atoms with Crippen LogP contribution in [-0.4, -0.2) is 42.7 Å². The highest BCUT2D eigenvalue weighted by Crippen LogP contribution is 2.12. The fraction of sp³-hybridized carbons (Fsp3) is 0.438. The van der Waals surface area contributed by atoms with E-state index in [1.165, 1.54) is 12.1 Å². The molecule has 0 heterocycles. The molecule has 1 aromatic carbocycles. The number of hydrogen-bond acceptors (Lipinski definition) is 3. The minimum absolute atomic E-state index is 0.161. The molecule has 1 amide bonds. The second-order valence-corrected chi connectivity index (χ2v) is 4.71. The maximum atomic E-state index is 13.8. The number of hydrogen-bond donors (Lipinski definition) is 2. The summed E-state index contributed by atoms with van der Waals surface area (Å²) in [6.07, 6.45) is 2.40. The van der Waals surface area contributed by atoms with E-state index in [-0.39, 0.29) is 24.6 Å². The maximum absolute atomic E-state index is 13.8. The Morgan fingerprint density at radius 2 is 2.14 bits per heavy atom. The van der Waals surface area contributed by atoms with E-state index in [1.807, 2.05) is 0 Å². The number of benzene rings is 1. The Hall–Kier alpha value is -1.90. The largest absolute Gasteiger partial charge is 0.396 e. The van der Waals surface area contributed by atoms with Gasteiger partial charge in [0.05, 0.1) is 12.1 Å². The normalized spacial score (nSPS) is 9.90. The Balaban J connectivity index is 2.67. The molecule has 0 fully saturated rings. The van der Waals surface area contributed by atoms with Crippen LogP contribution in [-0.2, 0) is 0 Å². The summed E-state index contributed by atoms with van der Waals surface area (Å²) < 4.78 is 13.8. The van der Waals surface area contributed by atoms with E-state index in [9.17, 15) is 9.18 Å². The smallest absolute Gasteiger partial charge is 0.253 e. The molecule has 0 aliphatic rings. The predicted octanol–water partition coefficient (Wildman–Crippen LogP) is 1.37. The Bertz CT molecular complexity index is 535. The van der Waals surface area contributed by atoms with Crippen LogP contribution >= 0.6 is 0 Å². The number of carbonyl (C=O) groups excluding carboxylic acids is 1. The van der Waals surface area contributed by atoms with Crippen LogP contribution in [0.5, 0.6) is 0 Å². The van der Waals surface area contributed by atoms with Gasteiger partial charge in [0.25, 0.3) is 5.91 Å². The predicted molar refractivity (Wildman–Crippen MR) is 80.2 cm³/mol.